The number of Topliss-reactive ketones (excluding diaryl/α,β-unsaturated/α-hetero) is 1. The first-order valence-corrected chi connectivity index (χ1v) is 17.1. The largest absolute Gasteiger partial charge is 0.493 e. The van der Waals surface area contributed by atoms with E-state index >= 15 is 0 Å². The molecule has 0 spiro atoms. The van der Waals surface area contributed by atoms with Gasteiger partial charge < -0.3 is 20.5 Å². The first-order valence-electron chi connectivity index (χ1n) is 16.4. The number of unbranched alkanes of at least 4 members (excludes halogenated alkanes) is 1. The Hall–Kier alpha value is -4.96. The van der Waals surface area contributed by atoms with Gasteiger partial charge >= 0.3 is 5.97 Å². The highest BCUT2D eigenvalue weighted by atomic mass is 32.2. The number of carboxylic acids is 1. The number of azo groups is 1. The minimum absolute atomic E-state index is 0.0541. The third-order valence-corrected chi connectivity index (χ3v) is 8.99. The molecule has 0 saturated heterocycles. The van der Waals surface area contributed by atoms with Crippen LogP contribution in [0.2, 0.25) is 0 Å². The lowest BCUT2D eigenvalue weighted by Gasteiger charge is -2.26. The predicted molar refractivity (Wildman–Crippen MR) is 187 cm³/mol. The van der Waals surface area contributed by atoms with Gasteiger partial charge in [-0.15, -0.1) is 16.0 Å². The Bertz CT molecular complexity index is 1750. The van der Waals surface area contributed by atoms with Crippen molar-refractivity contribution in [1.82, 2.24) is 15.6 Å². The van der Waals surface area contributed by atoms with Gasteiger partial charge in [0.2, 0.25) is 12.1 Å². The molecule has 15 heteroatoms. The number of ether oxygens (including phenoxy) is 1. The molecule has 0 unspecified atom stereocenters. The van der Waals surface area contributed by atoms with Crippen LogP contribution < -0.4 is 15.4 Å². The van der Waals surface area contributed by atoms with Crippen LogP contribution in [0.4, 0.5) is 5.82 Å². The number of nitrogens with zero attached hydrogens (tertiary/aromatic N) is 3. The molecule has 0 aliphatic heterocycles. The summed E-state index contributed by atoms with van der Waals surface area (Å²) in [5, 5.41) is 34.6. The van der Waals surface area contributed by atoms with Crippen molar-refractivity contribution in [1.29, 1.82) is 0 Å². The van der Waals surface area contributed by atoms with Gasteiger partial charge in [0.05, 0.1) is 30.8 Å². The molecule has 3 aromatic rings. The Balaban J connectivity index is 1.25. The van der Waals surface area contributed by atoms with E-state index in [1.807, 2.05) is 12.1 Å². The molecule has 4 rings (SSSR count). The number of carbonyl (C=O) groups excluding carboxylic acids is 3. The summed E-state index contributed by atoms with van der Waals surface area (Å²) in [5.74, 6) is -1.63. The molecule has 270 valence electrons. The Kier molecular flexibility index (Phi) is 14.4. The second kappa shape index (κ2) is 18.9. The SMILES string of the molecule is C=CCc1c(OCCCCC(C)(C)C(=O)N[C@@H](NC(=O)c2ccc(N=NCc3ccccc3SOOO)nc2)C(=O)O)ccc2c1CCCC2=O. The van der Waals surface area contributed by atoms with E-state index in [1.165, 1.54) is 18.3 Å². The van der Waals surface area contributed by atoms with Crippen molar-refractivity contribution in [3.05, 3.63) is 95.2 Å². The number of hydrogen-bond donors (Lipinski definition) is 4. The summed E-state index contributed by atoms with van der Waals surface area (Å²) in [6, 6.07) is 13.6. The van der Waals surface area contributed by atoms with E-state index in [0.29, 0.717) is 43.6 Å². The Morgan fingerprint density at radius 3 is 2.63 bits per heavy atom. The number of pyridine rings is 1. The fourth-order valence-electron chi connectivity index (χ4n) is 5.48. The maximum absolute atomic E-state index is 13.1. The Morgan fingerprint density at radius 2 is 1.90 bits per heavy atom. The average molecular weight is 720 g/mol. The smallest absolute Gasteiger partial charge is 0.347 e. The fourth-order valence-corrected chi connectivity index (χ4v) is 5.96. The van der Waals surface area contributed by atoms with Crippen molar-refractivity contribution in [3.63, 3.8) is 0 Å². The van der Waals surface area contributed by atoms with Gasteiger partial charge in [-0.3, -0.25) is 14.4 Å². The second-order valence-electron chi connectivity index (χ2n) is 12.4. The molecular formula is C36H41N5O9S. The number of ketones is 1. The van der Waals surface area contributed by atoms with E-state index in [-0.39, 0.29) is 23.7 Å². The summed E-state index contributed by atoms with van der Waals surface area (Å²) in [4.78, 5) is 55.0. The number of aromatic nitrogens is 1. The number of benzene rings is 2. The molecule has 1 aliphatic rings. The summed E-state index contributed by atoms with van der Waals surface area (Å²) in [5.41, 5.74) is 2.65. The van der Waals surface area contributed by atoms with Gasteiger partial charge in [-0.1, -0.05) is 43.2 Å². The van der Waals surface area contributed by atoms with Gasteiger partial charge in [-0.05, 0) is 80.0 Å². The standard InChI is InChI=1S/C36H41N5O9S/c1-4-10-27-25-12-9-13-28(42)26(25)16-17-29(27)48-20-8-7-19-36(2,3)35(46)40-32(34(44)45)39-33(43)24-15-18-31(37-21-24)41-38-22-23-11-5-6-14-30(23)51-50-49-47/h4-6,11,14-18,21,32,47H,1,7-10,12-13,19-20,22H2,2-3H3,(H,39,43)(H,40,46)(H,44,45)/t32-/m1/s1. The minimum Gasteiger partial charge on any atom is -0.493 e. The summed E-state index contributed by atoms with van der Waals surface area (Å²) in [6.07, 6.45) is 5.86. The molecule has 1 atom stereocenters. The molecule has 2 amide bonds. The van der Waals surface area contributed by atoms with E-state index in [0.717, 1.165) is 52.9 Å². The van der Waals surface area contributed by atoms with Gasteiger partial charge in [-0.2, -0.15) is 5.11 Å². The Labute approximate surface area is 299 Å². The van der Waals surface area contributed by atoms with Gasteiger partial charge in [-0.25, -0.2) is 15.0 Å². The van der Waals surface area contributed by atoms with Gasteiger partial charge in [0.1, 0.15) is 5.75 Å². The van der Waals surface area contributed by atoms with Crippen LogP contribution in [-0.4, -0.2) is 51.7 Å². The molecular weight excluding hydrogens is 678 g/mol. The zero-order valence-electron chi connectivity index (χ0n) is 28.4. The zero-order chi connectivity index (χ0) is 36.8. The third kappa shape index (κ3) is 11.0. The van der Waals surface area contributed by atoms with Crippen LogP contribution in [0, 0.1) is 5.41 Å². The molecule has 0 radical (unpaired) electrons. The third-order valence-electron chi connectivity index (χ3n) is 8.28. The predicted octanol–water partition coefficient (Wildman–Crippen LogP) is 6.57. The molecule has 0 bridgehead atoms. The van der Waals surface area contributed by atoms with Crippen LogP contribution >= 0.6 is 12.0 Å². The maximum atomic E-state index is 13.1. The van der Waals surface area contributed by atoms with E-state index in [1.54, 1.807) is 44.2 Å². The van der Waals surface area contributed by atoms with E-state index in [9.17, 15) is 24.3 Å². The van der Waals surface area contributed by atoms with Crippen molar-refractivity contribution in [2.45, 2.75) is 76.4 Å². The zero-order valence-corrected chi connectivity index (χ0v) is 29.2. The summed E-state index contributed by atoms with van der Waals surface area (Å²) < 4.78 is 10.6. The maximum Gasteiger partial charge on any atom is 0.347 e. The highest BCUT2D eigenvalue weighted by Gasteiger charge is 2.32. The number of nitrogens with one attached hydrogen (secondary N) is 2. The van der Waals surface area contributed by atoms with E-state index in [2.05, 4.69) is 41.8 Å². The lowest BCUT2D eigenvalue weighted by molar-refractivity contribution is -0.432. The van der Waals surface area contributed by atoms with Crippen LogP contribution in [0.15, 0.2) is 82.5 Å². The number of allylic oxidation sites excluding steroid dienone is 1. The summed E-state index contributed by atoms with van der Waals surface area (Å²) in [6.45, 7) is 7.84. The van der Waals surface area contributed by atoms with E-state index in [4.69, 9.17) is 9.99 Å². The normalized spacial score (nSPS) is 13.4. The van der Waals surface area contributed by atoms with Crippen molar-refractivity contribution in [2.75, 3.05) is 6.61 Å². The molecule has 1 heterocycles. The topological polar surface area (TPSA) is 198 Å². The minimum atomic E-state index is -1.68. The van der Waals surface area contributed by atoms with Gasteiger partial charge in [0.25, 0.3) is 5.91 Å². The second-order valence-corrected chi connectivity index (χ2v) is 13.1. The van der Waals surface area contributed by atoms with Crippen LogP contribution in [-0.2, 0) is 38.3 Å². The molecule has 2 aromatic carbocycles. The van der Waals surface area contributed by atoms with Gasteiger partial charge in [0.15, 0.2) is 11.6 Å². The number of hydrogen-bond acceptors (Lipinski definition) is 12. The fraction of sp³-hybridized carbons (Fsp3) is 0.361. The average Bonchev–Trinajstić information content (AvgIpc) is 3.11. The van der Waals surface area contributed by atoms with Crippen LogP contribution in [0.1, 0.15) is 83.4 Å². The summed E-state index contributed by atoms with van der Waals surface area (Å²) in [7, 11) is 0. The molecule has 1 aromatic heterocycles. The molecule has 1 aliphatic carbocycles. The van der Waals surface area contributed by atoms with E-state index < -0.39 is 29.4 Å². The quantitative estimate of drug-likeness (QED) is 0.0199. The number of aliphatic carboxylic acids is 1. The monoisotopic (exact) mass is 719 g/mol. The lowest BCUT2D eigenvalue weighted by atomic mass is 9.85. The number of amides is 2. The first kappa shape index (κ1) is 38.8. The molecule has 4 N–H and O–H groups in total. The van der Waals surface area contributed by atoms with Crippen LogP contribution in [0.5, 0.6) is 5.75 Å². The first-order chi connectivity index (χ1) is 24.5. The van der Waals surface area contributed by atoms with Crippen molar-refractivity contribution in [2.24, 2.45) is 15.6 Å². The number of carbonyl (C=O) groups is 4. The van der Waals surface area contributed by atoms with Crippen molar-refractivity contribution < 1.29 is 43.7 Å². The number of fused-ring (bicyclic) bond motifs is 1. The van der Waals surface area contributed by atoms with Crippen LogP contribution in [0.3, 0.4) is 0 Å². The van der Waals surface area contributed by atoms with Gasteiger partial charge in [0, 0.05) is 34.1 Å². The molecule has 0 fully saturated rings. The van der Waals surface area contributed by atoms with Crippen LogP contribution in [0.25, 0.3) is 0 Å². The highest BCUT2D eigenvalue weighted by molar-refractivity contribution is 7.94. The summed E-state index contributed by atoms with van der Waals surface area (Å²) >= 11 is 0.803. The Morgan fingerprint density at radius 1 is 1.10 bits per heavy atom. The molecule has 51 heavy (non-hydrogen) atoms. The highest BCUT2D eigenvalue weighted by Crippen LogP contribution is 2.32. The van der Waals surface area contributed by atoms with Crippen molar-refractivity contribution >= 4 is 41.4 Å². The molecule has 14 nitrogen and oxygen atoms in total. The number of rotatable bonds is 19. The lowest BCUT2D eigenvalue weighted by Crippen LogP contribution is -2.55. The number of carboxylic acid groups (broad SMARTS) is 1. The van der Waals surface area contributed by atoms with Crippen molar-refractivity contribution in [3.8, 4) is 5.75 Å². The molecule has 0 saturated carbocycles.